The molecule has 0 aliphatic rings. The maximum atomic E-state index is 13.5. The Morgan fingerprint density at radius 1 is 1.21 bits per heavy atom. The maximum Gasteiger partial charge on any atom is 0.141 e. The van der Waals surface area contributed by atoms with Crippen LogP contribution in [0.2, 0.25) is 5.02 Å². The first-order chi connectivity index (χ1) is 14.0. The Morgan fingerprint density at radius 2 is 2.07 bits per heavy atom. The number of pyridine rings is 1. The minimum Gasteiger partial charge on any atom is -0.379 e. The zero-order chi connectivity index (χ0) is 20.4. The van der Waals surface area contributed by atoms with Gasteiger partial charge in [-0.1, -0.05) is 11.6 Å². The molecule has 0 aliphatic carbocycles. The van der Waals surface area contributed by atoms with Gasteiger partial charge in [-0.15, -0.1) is 0 Å². The minimum atomic E-state index is -0.503. The number of halogens is 3. The van der Waals surface area contributed by atoms with Crippen LogP contribution in [0.3, 0.4) is 0 Å². The Labute approximate surface area is 184 Å². The molecule has 4 rings (SSSR count). The second kappa shape index (κ2) is 8.23. The van der Waals surface area contributed by atoms with Crippen LogP contribution in [0, 0.1) is 20.7 Å². The summed E-state index contributed by atoms with van der Waals surface area (Å²) in [6.45, 7) is 0.573. The summed E-state index contributed by atoms with van der Waals surface area (Å²) in [6.07, 6.45) is 4.90. The topological polar surface area (TPSA) is 89.4 Å². The fraction of sp³-hybridized carbons (Fsp3) is 0.0500. The molecule has 0 saturated heterocycles. The number of hydrogen-bond acceptors (Lipinski definition) is 5. The molecule has 9 heteroatoms. The minimum absolute atomic E-state index is 0.00311. The predicted molar refractivity (Wildman–Crippen MR) is 120 cm³/mol. The third-order valence-electron chi connectivity index (χ3n) is 4.27. The lowest BCUT2D eigenvalue weighted by Crippen LogP contribution is -2.02. The molecule has 0 radical (unpaired) electrons. The largest absolute Gasteiger partial charge is 0.379 e. The summed E-state index contributed by atoms with van der Waals surface area (Å²) in [7, 11) is 0. The molecular formula is C20H13ClFIN6. The number of H-pyrrole nitrogens is 1. The van der Waals surface area contributed by atoms with Gasteiger partial charge in [-0.3, -0.25) is 4.98 Å². The molecule has 2 heterocycles. The number of imidazole rings is 1. The first-order valence-corrected chi connectivity index (χ1v) is 9.96. The second-order valence-corrected chi connectivity index (χ2v) is 7.77. The highest BCUT2D eigenvalue weighted by molar-refractivity contribution is 14.1. The third-order valence-corrected chi connectivity index (χ3v) is 5.38. The highest BCUT2D eigenvalue weighted by Gasteiger charge is 2.14. The third kappa shape index (κ3) is 4.11. The lowest BCUT2D eigenvalue weighted by molar-refractivity contribution is 0.628. The number of nitrogens with one attached hydrogen (secondary N) is 3. The highest BCUT2D eigenvalue weighted by atomic mass is 127. The summed E-state index contributed by atoms with van der Waals surface area (Å²) in [4.78, 5) is 11.5. The number of rotatable bonds is 5. The van der Waals surface area contributed by atoms with E-state index in [4.69, 9.17) is 11.6 Å². The Kier molecular flexibility index (Phi) is 5.51. The van der Waals surface area contributed by atoms with Gasteiger partial charge in [-0.2, -0.15) is 5.26 Å². The van der Waals surface area contributed by atoms with Crippen molar-refractivity contribution in [2.24, 2.45) is 0 Å². The standard InChI is InChI=1S/C20H13ClFIN6/c21-16-4-12(1-2-17(16)22)29-19-11(6-24)7-27-20-15(19)3-13(5-18(20)23)26-9-14-8-25-10-28-14/h1-5,7-8,10,26H,9H2,(H,25,28)(H,27,29). The lowest BCUT2D eigenvalue weighted by atomic mass is 10.1. The molecular weight excluding hydrogens is 506 g/mol. The van der Waals surface area contributed by atoms with E-state index in [1.165, 1.54) is 18.3 Å². The number of fused-ring (bicyclic) bond motifs is 1. The van der Waals surface area contributed by atoms with Crippen LogP contribution in [0.1, 0.15) is 11.3 Å². The first kappa shape index (κ1) is 19.4. The summed E-state index contributed by atoms with van der Waals surface area (Å²) in [5.41, 5.74) is 4.11. The monoisotopic (exact) mass is 518 g/mol. The van der Waals surface area contributed by atoms with Crippen molar-refractivity contribution in [3.05, 3.63) is 74.7 Å². The Hall–Kier alpha value is -2.90. The average Bonchev–Trinajstić information content (AvgIpc) is 3.23. The second-order valence-electron chi connectivity index (χ2n) is 6.20. The van der Waals surface area contributed by atoms with Crippen molar-refractivity contribution in [3.8, 4) is 6.07 Å². The molecule has 29 heavy (non-hydrogen) atoms. The van der Waals surface area contributed by atoms with E-state index in [2.05, 4.69) is 54.2 Å². The molecule has 3 N–H and O–H groups in total. The fourth-order valence-electron chi connectivity index (χ4n) is 2.88. The van der Waals surface area contributed by atoms with Gasteiger partial charge in [0.05, 0.1) is 40.4 Å². The van der Waals surface area contributed by atoms with Crippen LogP contribution in [0.4, 0.5) is 21.5 Å². The van der Waals surface area contributed by atoms with Crippen molar-refractivity contribution in [2.75, 3.05) is 10.6 Å². The number of aromatic nitrogens is 3. The summed E-state index contributed by atoms with van der Waals surface area (Å²) in [5.74, 6) is -0.503. The SMILES string of the molecule is N#Cc1cnc2c(I)cc(NCc3cnc[nH]3)cc2c1Nc1ccc(F)c(Cl)c1. The molecule has 0 saturated carbocycles. The van der Waals surface area contributed by atoms with Gasteiger partial charge < -0.3 is 15.6 Å². The zero-order valence-corrected chi connectivity index (χ0v) is 17.7. The quantitative estimate of drug-likeness (QED) is 0.300. The molecule has 4 aromatic rings. The smallest absolute Gasteiger partial charge is 0.141 e. The van der Waals surface area contributed by atoms with E-state index in [1.807, 2.05) is 12.1 Å². The summed E-state index contributed by atoms with van der Waals surface area (Å²) >= 11 is 8.11. The summed E-state index contributed by atoms with van der Waals surface area (Å²) < 4.78 is 14.4. The molecule has 6 nitrogen and oxygen atoms in total. The Bertz CT molecular complexity index is 1240. The van der Waals surface area contributed by atoms with Gasteiger partial charge in [0.2, 0.25) is 0 Å². The number of benzene rings is 2. The van der Waals surface area contributed by atoms with Crippen LogP contribution >= 0.6 is 34.2 Å². The van der Waals surface area contributed by atoms with Crippen LogP contribution in [0.5, 0.6) is 0 Å². The number of hydrogen-bond donors (Lipinski definition) is 3. The lowest BCUT2D eigenvalue weighted by Gasteiger charge is -2.14. The Balaban J connectivity index is 1.78. The van der Waals surface area contributed by atoms with Gasteiger partial charge in [-0.25, -0.2) is 9.37 Å². The number of aromatic amines is 1. The molecule has 0 spiro atoms. The van der Waals surface area contributed by atoms with Gasteiger partial charge in [0.15, 0.2) is 0 Å². The van der Waals surface area contributed by atoms with E-state index >= 15 is 0 Å². The van der Waals surface area contributed by atoms with E-state index in [1.54, 1.807) is 18.6 Å². The normalized spacial score (nSPS) is 10.7. The van der Waals surface area contributed by atoms with Crippen LogP contribution in [-0.4, -0.2) is 15.0 Å². The predicted octanol–water partition coefficient (Wildman–Crippen LogP) is 5.58. The van der Waals surface area contributed by atoms with Crippen molar-refractivity contribution < 1.29 is 4.39 Å². The molecule has 0 atom stereocenters. The molecule has 0 bridgehead atoms. The van der Waals surface area contributed by atoms with Gasteiger partial charge >= 0.3 is 0 Å². The van der Waals surface area contributed by atoms with E-state index < -0.39 is 5.82 Å². The van der Waals surface area contributed by atoms with Crippen molar-refractivity contribution in [1.82, 2.24) is 15.0 Å². The molecule has 144 valence electrons. The van der Waals surface area contributed by atoms with Gasteiger partial charge in [0.25, 0.3) is 0 Å². The number of anilines is 3. The summed E-state index contributed by atoms with van der Waals surface area (Å²) in [6, 6.07) is 10.4. The molecule has 0 amide bonds. The first-order valence-electron chi connectivity index (χ1n) is 8.50. The van der Waals surface area contributed by atoms with E-state index in [9.17, 15) is 9.65 Å². The summed E-state index contributed by atoms with van der Waals surface area (Å²) in [5, 5.41) is 16.9. The van der Waals surface area contributed by atoms with Crippen molar-refractivity contribution in [3.63, 3.8) is 0 Å². The van der Waals surface area contributed by atoms with Crippen molar-refractivity contribution in [2.45, 2.75) is 6.54 Å². The molecule has 0 unspecified atom stereocenters. The number of nitrogens with zero attached hydrogens (tertiary/aromatic N) is 3. The van der Waals surface area contributed by atoms with Gasteiger partial charge in [-0.05, 0) is 52.9 Å². The fourth-order valence-corrected chi connectivity index (χ4v) is 3.82. The molecule has 0 fully saturated rings. The highest BCUT2D eigenvalue weighted by Crippen LogP contribution is 2.34. The van der Waals surface area contributed by atoms with Gasteiger partial charge in [0, 0.05) is 32.7 Å². The zero-order valence-electron chi connectivity index (χ0n) is 14.8. The average molecular weight is 519 g/mol. The van der Waals surface area contributed by atoms with Crippen LogP contribution in [-0.2, 0) is 6.54 Å². The van der Waals surface area contributed by atoms with Crippen molar-refractivity contribution in [1.29, 1.82) is 5.26 Å². The Morgan fingerprint density at radius 3 is 2.79 bits per heavy atom. The van der Waals surface area contributed by atoms with E-state index in [-0.39, 0.29) is 5.02 Å². The van der Waals surface area contributed by atoms with Crippen LogP contribution in [0.25, 0.3) is 10.9 Å². The number of nitriles is 1. The van der Waals surface area contributed by atoms with E-state index in [0.29, 0.717) is 23.5 Å². The van der Waals surface area contributed by atoms with Crippen LogP contribution < -0.4 is 10.6 Å². The van der Waals surface area contributed by atoms with Crippen LogP contribution in [0.15, 0.2) is 49.1 Å². The van der Waals surface area contributed by atoms with E-state index in [0.717, 1.165) is 25.9 Å². The maximum absolute atomic E-state index is 13.5. The molecule has 2 aromatic heterocycles. The molecule has 0 aliphatic heterocycles. The van der Waals surface area contributed by atoms with Gasteiger partial charge in [0.1, 0.15) is 11.9 Å². The molecule has 2 aromatic carbocycles. The van der Waals surface area contributed by atoms with Crippen molar-refractivity contribution >= 4 is 62.2 Å².